The molecule has 0 spiro atoms. The molecule has 1 heterocycles. The van der Waals surface area contributed by atoms with Crippen molar-refractivity contribution in [2.45, 2.75) is 6.54 Å². The lowest BCUT2D eigenvalue weighted by Crippen LogP contribution is -2.13. The van der Waals surface area contributed by atoms with E-state index < -0.39 is 5.82 Å². The average Bonchev–Trinajstić information content (AvgIpc) is 3.10. The summed E-state index contributed by atoms with van der Waals surface area (Å²) in [6.07, 6.45) is 1.70. The Morgan fingerprint density at radius 2 is 1.85 bits per heavy atom. The molecule has 1 N–H and O–H groups in total. The summed E-state index contributed by atoms with van der Waals surface area (Å²) >= 11 is 6.03. The molecule has 3 rings (SSSR count). The number of hydrogen-bond donors (Lipinski definition) is 1. The maximum absolute atomic E-state index is 13.1. The smallest absolute Gasteiger partial charge is 0.257 e. The quantitative estimate of drug-likeness (QED) is 0.692. The number of ether oxygens (including phenoxy) is 2. The fraction of sp³-hybridized carbons (Fsp3) is 0.158. The van der Waals surface area contributed by atoms with Crippen molar-refractivity contribution in [3.8, 4) is 11.5 Å². The summed E-state index contributed by atoms with van der Waals surface area (Å²) in [6, 6.07) is 10.7. The molecule has 1 aromatic heterocycles. The maximum atomic E-state index is 13.1. The highest BCUT2D eigenvalue weighted by Gasteiger charge is 2.12. The van der Waals surface area contributed by atoms with E-state index in [9.17, 15) is 9.18 Å². The molecule has 0 aliphatic heterocycles. The second-order valence-electron chi connectivity index (χ2n) is 5.69. The van der Waals surface area contributed by atoms with Crippen molar-refractivity contribution in [1.82, 2.24) is 9.78 Å². The molecule has 0 unspecified atom stereocenters. The highest BCUT2D eigenvalue weighted by Crippen LogP contribution is 2.23. The number of nitrogens with zero attached hydrogens (tertiary/aromatic N) is 2. The minimum Gasteiger partial charge on any atom is -0.497 e. The molecule has 6 nitrogen and oxygen atoms in total. The van der Waals surface area contributed by atoms with Crippen LogP contribution in [0.4, 0.5) is 10.2 Å². The predicted molar refractivity (Wildman–Crippen MR) is 100 cm³/mol. The van der Waals surface area contributed by atoms with Crippen molar-refractivity contribution >= 4 is 23.3 Å². The summed E-state index contributed by atoms with van der Waals surface area (Å²) in [5.74, 6) is 0.648. The van der Waals surface area contributed by atoms with Gasteiger partial charge in [-0.15, -0.1) is 0 Å². The van der Waals surface area contributed by atoms with Gasteiger partial charge in [-0.1, -0.05) is 17.7 Å². The molecule has 0 bridgehead atoms. The molecule has 8 heteroatoms. The average molecular weight is 390 g/mol. The molecular formula is C19H17ClFN3O3. The Morgan fingerprint density at radius 3 is 2.48 bits per heavy atom. The minimum atomic E-state index is -0.397. The topological polar surface area (TPSA) is 65.4 Å². The van der Waals surface area contributed by atoms with Gasteiger partial charge in [-0.3, -0.25) is 9.48 Å². The summed E-state index contributed by atoms with van der Waals surface area (Å²) in [5, 5.41) is 7.32. The monoisotopic (exact) mass is 389 g/mol. The molecule has 0 radical (unpaired) electrons. The van der Waals surface area contributed by atoms with Crippen molar-refractivity contribution in [3.05, 3.63) is 70.6 Å². The summed E-state index contributed by atoms with van der Waals surface area (Å²) in [6.45, 7) is 0.349. The Bertz CT molecular complexity index is 952. The molecule has 1 amide bonds. The van der Waals surface area contributed by atoms with Gasteiger partial charge >= 0.3 is 0 Å². The summed E-state index contributed by atoms with van der Waals surface area (Å²) in [5.41, 5.74) is 1.10. The summed E-state index contributed by atoms with van der Waals surface area (Å²) in [4.78, 5) is 12.5. The zero-order valence-corrected chi connectivity index (χ0v) is 15.5. The van der Waals surface area contributed by atoms with Crippen LogP contribution in [0.15, 0.2) is 48.7 Å². The van der Waals surface area contributed by atoms with Gasteiger partial charge in [-0.25, -0.2) is 4.39 Å². The standard InChI is InChI=1S/C19H17ClFN3O3/c1-26-15-7-13(8-16(10-15)27-2)19(25)22-18-5-6-24(23-18)11-12-3-4-14(21)9-17(12)20/h3-10H,11H2,1-2H3,(H,22,23,25). The Morgan fingerprint density at radius 1 is 1.15 bits per heavy atom. The van der Waals surface area contributed by atoms with Crippen LogP contribution in [0.1, 0.15) is 15.9 Å². The Labute approximate surface area is 160 Å². The van der Waals surface area contributed by atoms with Crippen LogP contribution in [0.5, 0.6) is 11.5 Å². The normalized spacial score (nSPS) is 10.5. The molecule has 0 aliphatic carbocycles. The van der Waals surface area contributed by atoms with Crippen LogP contribution in [0.2, 0.25) is 5.02 Å². The van der Waals surface area contributed by atoms with Gasteiger partial charge in [0.2, 0.25) is 0 Å². The van der Waals surface area contributed by atoms with E-state index in [0.29, 0.717) is 34.4 Å². The number of carbonyl (C=O) groups is 1. The molecule has 3 aromatic rings. The SMILES string of the molecule is COc1cc(OC)cc(C(=O)Nc2ccn(Cc3ccc(F)cc3Cl)n2)c1. The number of nitrogens with one attached hydrogen (secondary N) is 1. The number of benzene rings is 2. The lowest BCUT2D eigenvalue weighted by atomic mass is 10.2. The van der Waals surface area contributed by atoms with Crippen molar-refractivity contribution < 1.29 is 18.7 Å². The first-order valence-electron chi connectivity index (χ1n) is 8.00. The summed E-state index contributed by atoms with van der Waals surface area (Å²) in [7, 11) is 3.03. The number of anilines is 1. The highest BCUT2D eigenvalue weighted by molar-refractivity contribution is 6.31. The van der Waals surface area contributed by atoms with Crippen LogP contribution in [0.25, 0.3) is 0 Å². The number of halogens is 2. The fourth-order valence-electron chi connectivity index (χ4n) is 2.47. The maximum Gasteiger partial charge on any atom is 0.257 e. The van der Waals surface area contributed by atoms with Crippen molar-refractivity contribution in [1.29, 1.82) is 0 Å². The molecule has 0 fully saturated rings. The second kappa shape index (κ2) is 8.09. The van der Waals surface area contributed by atoms with E-state index in [0.717, 1.165) is 5.56 Å². The molecule has 0 aliphatic rings. The number of hydrogen-bond acceptors (Lipinski definition) is 4. The van der Waals surface area contributed by atoms with Crippen LogP contribution < -0.4 is 14.8 Å². The molecule has 2 aromatic carbocycles. The van der Waals surface area contributed by atoms with Gasteiger partial charge in [0.25, 0.3) is 5.91 Å². The fourth-order valence-corrected chi connectivity index (χ4v) is 2.69. The predicted octanol–water partition coefficient (Wildman–Crippen LogP) is 3.99. The first-order valence-corrected chi connectivity index (χ1v) is 8.38. The van der Waals surface area contributed by atoms with Crippen LogP contribution in [0.3, 0.4) is 0 Å². The van der Waals surface area contributed by atoms with Crippen LogP contribution in [-0.4, -0.2) is 29.9 Å². The number of rotatable bonds is 6. The molecule has 0 atom stereocenters. The van der Waals surface area contributed by atoms with E-state index >= 15 is 0 Å². The number of amides is 1. The molecule has 27 heavy (non-hydrogen) atoms. The Hall–Kier alpha value is -3.06. The van der Waals surface area contributed by atoms with E-state index in [1.54, 1.807) is 41.2 Å². The summed E-state index contributed by atoms with van der Waals surface area (Å²) < 4.78 is 25.1. The first kappa shape index (κ1) is 18.7. The van der Waals surface area contributed by atoms with Crippen LogP contribution in [-0.2, 0) is 6.54 Å². The third kappa shape index (κ3) is 4.57. The molecule has 0 saturated heterocycles. The van der Waals surface area contributed by atoms with Gasteiger partial charge in [0.05, 0.1) is 20.8 Å². The van der Waals surface area contributed by atoms with Crippen LogP contribution >= 0.6 is 11.6 Å². The zero-order chi connectivity index (χ0) is 19.4. The van der Waals surface area contributed by atoms with Gasteiger partial charge in [-0.2, -0.15) is 5.10 Å². The third-order valence-corrected chi connectivity index (χ3v) is 4.20. The Balaban J connectivity index is 1.73. The highest BCUT2D eigenvalue weighted by atomic mass is 35.5. The van der Waals surface area contributed by atoms with E-state index in [4.69, 9.17) is 21.1 Å². The molecule has 0 saturated carbocycles. The number of aromatic nitrogens is 2. The second-order valence-corrected chi connectivity index (χ2v) is 6.10. The van der Waals surface area contributed by atoms with E-state index in [1.807, 2.05) is 0 Å². The van der Waals surface area contributed by atoms with E-state index in [2.05, 4.69) is 10.4 Å². The number of methoxy groups -OCH3 is 2. The van der Waals surface area contributed by atoms with Gasteiger partial charge in [0.15, 0.2) is 5.82 Å². The van der Waals surface area contributed by atoms with E-state index in [1.165, 1.54) is 26.4 Å². The van der Waals surface area contributed by atoms with Gasteiger partial charge < -0.3 is 14.8 Å². The minimum absolute atomic E-state index is 0.319. The molecular weight excluding hydrogens is 373 g/mol. The zero-order valence-electron chi connectivity index (χ0n) is 14.7. The Kier molecular flexibility index (Phi) is 5.61. The van der Waals surface area contributed by atoms with Gasteiger partial charge in [0, 0.05) is 28.9 Å². The lowest BCUT2D eigenvalue weighted by Gasteiger charge is -2.08. The van der Waals surface area contributed by atoms with Gasteiger partial charge in [-0.05, 0) is 29.8 Å². The van der Waals surface area contributed by atoms with Crippen molar-refractivity contribution in [3.63, 3.8) is 0 Å². The van der Waals surface area contributed by atoms with Crippen molar-refractivity contribution in [2.24, 2.45) is 0 Å². The lowest BCUT2D eigenvalue weighted by molar-refractivity contribution is 0.102. The van der Waals surface area contributed by atoms with Crippen molar-refractivity contribution in [2.75, 3.05) is 19.5 Å². The molecule has 140 valence electrons. The van der Waals surface area contributed by atoms with Gasteiger partial charge in [0.1, 0.15) is 17.3 Å². The van der Waals surface area contributed by atoms with Crippen LogP contribution in [0, 0.1) is 5.82 Å². The van der Waals surface area contributed by atoms with E-state index in [-0.39, 0.29) is 5.91 Å². The largest absolute Gasteiger partial charge is 0.497 e. The first-order chi connectivity index (χ1) is 13.0. The number of carbonyl (C=O) groups excluding carboxylic acids is 1. The third-order valence-electron chi connectivity index (χ3n) is 3.84.